The predicted octanol–water partition coefficient (Wildman–Crippen LogP) is 3.89. The van der Waals surface area contributed by atoms with Crippen molar-refractivity contribution in [3.05, 3.63) is 34.9 Å². The van der Waals surface area contributed by atoms with Gasteiger partial charge in [-0.15, -0.1) is 0 Å². The predicted molar refractivity (Wildman–Crippen MR) is 69.0 cm³/mol. The number of hydrogen-bond donors (Lipinski definition) is 1. The minimum absolute atomic E-state index is 0.227. The molecule has 1 atom stereocenters. The number of aryl methyl sites for hydroxylation is 1. The van der Waals surface area contributed by atoms with Crippen LogP contribution in [0.3, 0.4) is 0 Å². The Balaban J connectivity index is 2.89. The van der Waals surface area contributed by atoms with Crippen molar-refractivity contribution in [2.24, 2.45) is 0 Å². The standard InChI is InChI=1S/C14H18F5NO/c1-3-6-20-11(7-21-8-14(17,18)19)12-10(15)5-4-9(2)13(12)16/h4-5,11,20H,3,6-8H2,1-2H3. The Morgan fingerprint density at radius 2 is 1.90 bits per heavy atom. The summed E-state index contributed by atoms with van der Waals surface area (Å²) < 4.78 is 68.7. The Morgan fingerprint density at radius 1 is 1.24 bits per heavy atom. The monoisotopic (exact) mass is 311 g/mol. The van der Waals surface area contributed by atoms with Gasteiger partial charge in [-0.25, -0.2) is 8.78 Å². The number of benzene rings is 1. The molecule has 0 saturated heterocycles. The lowest BCUT2D eigenvalue weighted by Crippen LogP contribution is -2.30. The number of rotatable bonds is 7. The van der Waals surface area contributed by atoms with E-state index in [1.165, 1.54) is 13.0 Å². The van der Waals surface area contributed by atoms with Gasteiger partial charge in [0.2, 0.25) is 0 Å². The van der Waals surface area contributed by atoms with E-state index < -0.39 is 37.1 Å². The van der Waals surface area contributed by atoms with Gasteiger partial charge in [0.1, 0.15) is 18.2 Å². The molecule has 1 N–H and O–H groups in total. The van der Waals surface area contributed by atoms with Crippen LogP contribution in [0.25, 0.3) is 0 Å². The summed E-state index contributed by atoms with van der Waals surface area (Å²) in [5, 5.41) is 2.81. The van der Waals surface area contributed by atoms with Gasteiger partial charge in [0.05, 0.1) is 12.6 Å². The number of hydrogen-bond acceptors (Lipinski definition) is 2. The summed E-state index contributed by atoms with van der Waals surface area (Å²) in [7, 11) is 0. The van der Waals surface area contributed by atoms with Gasteiger partial charge in [0, 0.05) is 5.56 Å². The van der Waals surface area contributed by atoms with Crippen LogP contribution in [0.5, 0.6) is 0 Å². The van der Waals surface area contributed by atoms with E-state index in [2.05, 4.69) is 10.1 Å². The molecule has 1 rings (SSSR count). The third-order valence-electron chi connectivity index (χ3n) is 2.86. The van der Waals surface area contributed by atoms with Crippen molar-refractivity contribution >= 4 is 0 Å². The molecule has 1 unspecified atom stereocenters. The highest BCUT2D eigenvalue weighted by Crippen LogP contribution is 2.24. The van der Waals surface area contributed by atoms with Crippen LogP contribution in [0.4, 0.5) is 22.0 Å². The first-order valence-corrected chi connectivity index (χ1v) is 6.58. The molecule has 0 fully saturated rings. The number of halogens is 5. The van der Waals surface area contributed by atoms with Gasteiger partial charge in [-0.1, -0.05) is 13.0 Å². The molecule has 0 aliphatic heterocycles. The van der Waals surface area contributed by atoms with Crippen molar-refractivity contribution in [1.82, 2.24) is 5.32 Å². The van der Waals surface area contributed by atoms with Crippen LogP contribution in [0.15, 0.2) is 12.1 Å². The summed E-state index contributed by atoms with van der Waals surface area (Å²) >= 11 is 0. The maximum Gasteiger partial charge on any atom is 0.411 e. The van der Waals surface area contributed by atoms with E-state index in [1.54, 1.807) is 0 Å². The molecule has 120 valence electrons. The molecule has 0 saturated carbocycles. The molecule has 0 spiro atoms. The summed E-state index contributed by atoms with van der Waals surface area (Å²) in [5.41, 5.74) is -0.0591. The summed E-state index contributed by atoms with van der Waals surface area (Å²) in [4.78, 5) is 0. The van der Waals surface area contributed by atoms with Crippen LogP contribution in [0.2, 0.25) is 0 Å². The van der Waals surface area contributed by atoms with E-state index in [0.717, 1.165) is 6.07 Å². The van der Waals surface area contributed by atoms with Gasteiger partial charge in [-0.3, -0.25) is 0 Å². The fourth-order valence-corrected chi connectivity index (χ4v) is 1.85. The molecule has 0 amide bonds. The van der Waals surface area contributed by atoms with E-state index >= 15 is 0 Å². The second kappa shape index (κ2) is 7.70. The van der Waals surface area contributed by atoms with Crippen LogP contribution in [-0.4, -0.2) is 25.9 Å². The summed E-state index contributed by atoms with van der Waals surface area (Å²) in [6.07, 6.45) is -3.80. The molecular formula is C14H18F5NO. The molecule has 0 aliphatic carbocycles. The highest BCUT2D eigenvalue weighted by atomic mass is 19.4. The fourth-order valence-electron chi connectivity index (χ4n) is 1.85. The van der Waals surface area contributed by atoms with Gasteiger partial charge >= 0.3 is 6.18 Å². The quantitative estimate of drug-likeness (QED) is 0.771. The first kappa shape index (κ1) is 17.8. The summed E-state index contributed by atoms with van der Waals surface area (Å²) in [6, 6.07) is 1.41. The maximum absolute atomic E-state index is 14.0. The van der Waals surface area contributed by atoms with Crippen LogP contribution in [0, 0.1) is 18.6 Å². The second-order valence-corrected chi connectivity index (χ2v) is 4.73. The lowest BCUT2D eigenvalue weighted by molar-refractivity contribution is -0.175. The Morgan fingerprint density at radius 3 is 2.48 bits per heavy atom. The highest BCUT2D eigenvalue weighted by molar-refractivity contribution is 5.29. The minimum Gasteiger partial charge on any atom is -0.370 e. The Bertz CT molecular complexity index is 461. The topological polar surface area (TPSA) is 21.3 Å². The number of ether oxygens (including phenoxy) is 1. The molecule has 1 aromatic rings. The lowest BCUT2D eigenvalue weighted by atomic mass is 10.0. The Hall–Kier alpha value is -1.21. The van der Waals surface area contributed by atoms with Gasteiger partial charge in [-0.2, -0.15) is 13.2 Å². The molecule has 0 radical (unpaired) electrons. The molecule has 0 bridgehead atoms. The van der Waals surface area contributed by atoms with Crippen molar-refractivity contribution in [3.8, 4) is 0 Å². The normalized spacial score (nSPS) is 13.5. The first-order chi connectivity index (χ1) is 9.76. The van der Waals surface area contributed by atoms with Crippen LogP contribution >= 0.6 is 0 Å². The van der Waals surface area contributed by atoms with Gasteiger partial charge in [-0.05, 0) is 31.5 Å². The van der Waals surface area contributed by atoms with Crippen molar-refractivity contribution in [1.29, 1.82) is 0 Å². The van der Waals surface area contributed by atoms with Crippen molar-refractivity contribution < 1.29 is 26.7 Å². The number of alkyl halides is 3. The SMILES string of the molecule is CCCNC(COCC(F)(F)F)c1c(F)ccc(C)c1F. The van der Waals surface area contributed by atoms with E-state index in [4.69, 9.17) is 0 Å². The van der Waals surface area contributed by atoms with Crippen molar-refractivity contribution in [3.63, 3.8) is 0 Å². The van der Waals surface area contributed by atoms with Gasteiger partial charge < -0.3 is 10.1 Å². The minimum atomic E-state index is -4.47. The largest absolute Gasteiger partial charge is 0.411 e. The van der Waals surface area contributed by atoms with Gasteiger partial charge in [0.25, 0.3) is 0 Å². The zero-order valence-corrected chi connectivity index (χ0v) is 11.9. The van der Waals surface area contributed by atoms with Crippen LogP contribution in [0.1, 0.15) is 30.5 Å². The maximum atomic E-state index is 14.0. The van der Waals surface area contributed by atoms with E-state index in [1.807, 2.05) is 6.92 Å². The third-order valence-corrected chi connectivity index (χ3v) is 2.86. The first-order valence-electron chi connectivity index (χ1n) is 6.58. The molecule has 1 aromatic carbocycles. The lowest BCUT2D eigenvalue weighted by Gasteiger charge is -2.21. The van der Waals surface area contributed by atoms with Crippen molar-refractivity contribution in [2.75, 3.05) is 19.8 Å². The molecule has 0 heterocycles. The summed E-state index contributed by atoms with van der Waals surface area (Å²) in [6.45, 7) is 1.80. The van der Waals surface area contributed by atoms with Gasteiger partial charge in [0.15, 0.2) is 0 Å². The Labute approximate surface area is 120 Å². The highest BCUT2D eigenvalue weighted by Gasteiger charge is 2.29. The second-order valence-electron chi connectivity index (χ2n) is 4.73. The van der Waals surface area contributed by atoms with Crippen LogP contribution in [-0.2, 0) is 4.74 Å². The number of nitrogens with one attached hydrogen (secondary N) is 1. The molecule has 0 aromatic heterocycles. The zero-order valence-electron chi connectivity index (χ0n) is 11.9. The van der Waals surface area contributed by atoms with E-state index in [0.29, 0.717) is 13.0 Å². The molecular weight excluding hydrogens is 293 g/mol. The molecule has 7 heteroatoms. The van der Waals surface area contributed by atoms with Crippen LogP contribution < -0.4 is 5.32 Å². The van der Waals surface area contributed by atoms with Crippen molar-refractivity contribution in [2.45, 2.75) is 32.5 Å². The fraction of sp³-hybridized carbons (Fsp3) is 0.571. The van der Waals surface area contributed by atoms with E-state index in [-0.39, 0.29) is 11.1 Å². The smallest absolute Gasteiger partial charge is 0.370 e. The van der Waals surface area contributed by atoms with E-state index in [9.17, 15) is 22.0 Å². The third kappa shape index (κ3) is 5.59. The molecule has 21 heavy (non-hydrogen) atoms. The molecule has 2 nitrogen and oxygen atoms in total. The Kier molecular flexibility index (Phi) is 6.54. The average Bonchev–Trinajstić information content (AvgIpc) is 2.38. The molecule has 0 aliphatic rings. The average molecular weight is 311 g/mol. The summed E-state index contributed by atoms with van der Waals surface area (Å²) in [5.74, 6) is -1.57. The zero-order chi connectivity index (χ0) is 16.0.